The molecule has 0 bridgehead atoms. The molecule has 0 unspecified atom stereocenters. The second kappa shape index (κ2) is 8.66. The third-order valence-electron chi connectivity index (χ3n) is 5.98. The lowest BCUT2D eigenvalue weighted by Crippen LogP contribution is -2.39. The van der Waals surface area contributed by atoms with Crippen molar-refractivity contribution in [1.82, 2.24) is 14.5 Å². The number of nitrogens with zero attached hydrogens (tertiary/aromatic N) is 4. The highest BCUT2D eigenvalue weighted by Crippen LogP contribution is 2.39. The predicted octanol–water partition coefficient (Wildman–Crippen LogP) is 3.34. The molecule has 0 fully saturated rings. The number of carbonyl (C=O) groups is 2. The van der Waals surface area contributed by atoms with Crippen LogP contribution in [0.2, 0.25) is 0 Å². The fraction of sp³-hybridized carbons (Fsp3) is 0.240. The van der Waals surface area contributed by atoms with E-state index in [2.05, 4.69) is 5.10 Å². The maximum atomic E-state index is 13.6. The van der Waals surface area contributed by atoms with Gasteiger partial charge >= 0.3 is 0 Å². The van der Waals surface area contributed by atoms with E-state index in [-0.39, 0.29) is 30.9 Å². The number of aromatic nitrogens is 1. The summed E-state index contributed by atoms with van der Waals surface area (Å²) in [6.07, 6.45) is 2.42. The molecule has 0 spiro atoms. The van der Waals surface area contributed by atoms with Crippen LogP contribution in [0.15, 0.2) is 65.9 Å². The van der Waals surface area contributed by atoms with Crippen molar-refractivity contribution in [3.63, 3.8) is 0 Å². The third-order valence-corrected chi connectivity index (χ3v) is 5.98. The summed E-state index contributed by atoms with van der Waals surface area (Å²) in [4.78, 5) is 27.4. The van der Waals surface area contributed by atoms with E-state index in [9.17, 15) is 14.0 Å². The zero-order chi connectivity index (χ0) is 23.8. The summed E-state index contributed by atoms with van der Waals surface area (Å²) in [5, 5.41) is 6.08. The van der Waals surface area contributed by atoms with E-state index in [0.29, 0.717) is 17.9 Å². The molecule has 2 amide bonds. The number of hydrazone groups is 1. The molecule has 0 aliphatic carbocycles. The number of aryl methyl sites for hydroxylation is 1. The molecule has 3 heterocycles. The number of hydrogen-bond acceptors (Lipinski definition) is 5. The van der Waals surface area contributed by atoms with Crippen molar-refractivity contribution in [2.75, 3.05) is 20.4 Å². The van der Waals surface area contributed by atoms with Crippen molar-refractivity contribution in [2.45, 2.75) is 12.5 Å². The van der Waals surface area contributed by atoms with Gasteiger partial charge in [0.1, 0.15) is 12.4 Å². The minimum Gasteiger partial charge on any atom is -0.454 e. The maximum absolute atomic E-state index is 13.6. The summed E-state index contributed by atoms with van der Waals surface area (Å²) in [6.45, 7) is -0.0511. The van der Waals surface area contributed by atoms with Crippen LogP contribution in [-0.4, -0.2) is 52.4 Å². The molecular formula is C25H23FN4O4. The number of amides is 2. The molecule has 174 valence electrons. The van der Waals surface area contributed by atoms with Gasteiger partial charge in [0.2, 0.25) is 6.79 Å². The summed E-state index contributed by atoms with van der Waals surface area (Å²) >= 11 is 0. The number of rotatable bonds is 5. The minimum absolute atomic E-state index is 0.157. The molecule has 5 rings (SSSR count). The topological polar surface area (TPSA) is 76.4 Å². The molecule has 9 heteroatoms. The van der Waals surface area contributed by atoms with Crippen molar-refractivity contribution in [3.05, 3.63) is 83.4 Å². The summed E-state index contributed by atoms with van der Waals surface area (Å²) in [5.74, 6) is -0.0264. The molecule has 2 aromatic carbocycles. The van der Waals surface area contributed by atoms with Gasteiger partial charge in [0.05, 0.1) is 17.4 Å². The van der Waals surface area contributed by atoms with E-state index < -0.39 is 11.7 Å². The summed E-state index contributed by atoms with van der Waals surface area (Å²) in [6, 6.07) is 14.5. The number of ether oxygens (including phenoxy) is 2. The number of fused-ring (bicyclic) bond motifs is 1. The number of carbonyl (C=O) groups excluding carboxylic acids is 2. The van der Waals surface area contributed by atoms with Crippen LogP contribution in [0, 0.1) is 5.82 Å². The van der Waals surface area contributed by atoms with Crippen molar-refractivity contribution in [2.24, 2.45) is 12.1 Å². The molecule has 3 aromatic rings. The van der Waals surface area contributed by atoms with E-state index in [1.165, 1.54) is 35.2 Å². The summed E-state index contributed by atoms with van der Waals surface area (Å²) in [5.41, 5.74) is 2.70. The Hall–Kier alpha value is -4.14. The van der Waals surface area contributed by atoms with E-state index in [1.807, 2.05) is 48.1 Å². The second-order valence-electron chi connectivity index (χ2n) is 8.29. The fourth-order valence-electron chi connectivity index (χ4n) is 4.22. The van der Waals surface area contributed by atoms with Gasteiger partial charge in [0, 0.05) is 32.3 Å². The van der Waals surface area contributed by atoms with Gasteiger partial charge in [0.25, 0.3) is 11.8 Å². The largest absolute Gasteiger partial charge is 0.454 e. The Bertz CT molecular complexity index is 1300. The Balaban J connectivity index is 1.41. The van der Waals surface area contributed by atoms with Gasteiger partial charge < -0.3 is 18.9 Å². The van der Waals surface area contributed by atoms with Crippen molar-refractivity contribution in [3.8, 4) is 11.5 Å². The van der Waals surface area contributed by atoms with Crippen LogP contribution < -0.4 is 9.47 Å². The molecule has 2 aliphatic heterocycles. The monoisotopic (exact) mass is 462 g/mol. The molecule has 34 heavy (non-hydrogen) atoms. The molecule has 1 atom stereocenters. The molecule has 8 nitrogen and oxygen atoms in total. The van der Waals surface area contributed by atoms with E-state index in [4.69, 9.17) is 9.47 Å². The average Bonchev–Trinajstić information content (AvgIpc) is 3.57. The SMILES string of the molecule is CN(CC(=O)N1N=C(c2cccn2C)C[C@@H]1c1ccc2c(c1)OCO2)C(=O)c1cccc(F)c1. The standard InChI is InChI=1S/C25H23FN4O4/c1-28-10-4-7-20(28)19-13-21(16-8-9-22-23(12-16)34-15-33-22)30(27-19)24(31)14-29(2)25(32)17-5-3-6-18(26)11-17/h3-12,21H,13-15H2,1-2H3/t21-/m1/s1. The van der Waals surface area contributed by atoms with Gasteiger partial charge in [-0.1, -0.05) is 12.1 Å². The zero-order valence-corrected chi connectivity index (χ0v) is 18.8. The predicted molar refractivity (Wildman–Crippen MR) is 122 cm³/mol. The highest BCUT2D eigenvalue weighted by Gasteiger charge is 2.35. The van der Waals surface area contributed by atoms with E-state index in [0.717, 1.165) is 23.0 Å². The van der Waals surface area contributed by atoms with E-state index >= 15 is 0 Å². The van der Waals surface area contributed by atoms with Crippen molar-refractivity contribution < 1.29 is 23.5 Å². The molecule has 0 saturated carbocycles. The van der Waals surface area contributed by atoms with Crippen molar-refractivity contribution >= 4 is 17.5 Å². The van der Waals surface area contributed by atoms with Crippen LogP contribution in [0.1, 0.15) is 34.1 Å². The highest BCUT2D eigenvalue weighted by molar-refractivity contribution is 6.02. The van der Waals surface area contributed by atoms with Crippen LogP contribution in [0.3, 0.4) is 0 Å². The highest BCUT2D eigenvalue weighted by atomic mass is 19.1. The quantitative estimate of drug-likeness (QED) is 0.583. The summed E-state index contributed by atoms with van der Waals surface area (Å²) < 4.78 is 26.4. The van der Waals surface area contributed by atoms with Gasteiger partial charge in [-0.05, 0) is 48.0 Å². The maximum Gasteiger partial charge on any atom is 0.262 e. The Morgan fingerprint density at radius 1 is 1.12 bits per heavy atom. The van der Waals surface area contributed by atoms with Crippen LogP contribution >= 0.6 is 0 Å². The van der Waals surface area contributed by atoms with Crippen LogP contribution in [0.4, 0.5) is 4.39 Å². The zero-order valence-electron chi connectivity index (χ0n) is 18.8. The van der Waals surface area contributed by atoms with Gasteiger partial charge in [-0.3, -0.25) is 9.59 Å². The molecule has 0 radical (unpaired) electrons. The normalized spacial score (nSPS) is 16.5. The number of benzene rings is 2. The van der Waals surface area contributed by atoms with Crippen LogP contribution in [0.5, 0.6) is 11.5 Å². The third kappa shape index (κ3) is 4.00. The smallest absolute Gasteiger partial charge is 0.262 e. The van der Waals surface area contributed by atoms with Crippen LogP contribution in [-0.2, 0) is 11.8 Å². The van der Waals surface area contributed by atoms with Gasteiger partial charge in [-0.2, -0.15) is 5.10 Å². The average molecular weight is 462 g/mol. The first-order chi connectivity index (χ1) is 16.4. The second-order valence-corrected chi connectivity index (χ2v) is 8.29. The molecule has 0 N–H and O–H groups in total. The first-order valence-corrected chi connectivity index (χ1v) is 10.8. The molecule has 0 saturated heterocycles. The lowest BCUT2D eigenvalue weighted by Gasteiger charge is -2.25. The minimum atomic E-state index is -0.509. The lowest BCUT2D eigenvalue weighted by molar-refractivity contribution is -0.133. The Labute approximate surface area is 195 Å². The van der Waals surface area contributed by atoms with Gasteiger partial charge in [0.15, 0.2) is 11.5 Å². The lowest BCUT2D eigenvalue weighted by atomic mass is 10.00. The first-order valence-electron chi connectivity index (χ1n) is 10.8. The van der Waals surface area contributed by atoms with Gasteiger partial charge in [-0.25, -0.2) is 9.40 Å². The van der Waals surface area contributed by atoms with E-state index in [1.54, 1.807) is 0 Å². The number of likely N-dealkylation sites (N-methyl/N-ethyl adjacent to an activating group) is 1. The number of hydrogen-bond donors (Lipinski definition) is 0. The molecule has 1 aromatic heterocycles. The van der Waals surface area contributed by atoms with Gasteiger partial charge in [-0.15, -0.1) is 0 Å². The summed E-state index contributed by atoms with van der Waals surface area (Å²) in [7, 11) is 3.43. The first kappa shape index (κ1) is 21.7. The Kier molecular flexibility index (Phi) is 5.53. The molecular weight excluding hydrogens is 439 g/mol. The number of halogens is 1. The Morgan fingerprint density at radius 3 is 2.71 bits per heavy atom. The van der Waals surface area contributed by atoms with Crippen LogP contribution in [0.25, 0.3) is 0 Å². The Morgan fingerprint density at radius 2 is 1.94 bits per heavy atom. The van der Waals surface area contributed by atoms with Crippen molar-refractivity contribution in [1.29, 1.82) is 0 Å². The fourth-order valence-corrected chi connectivity index (χ4v) is 4.22. The molecule has 2 aliphatic rings.